The van der Waals surface area contributed by atoms with Gasteiger partial charge in [0, 0.05) is 33.1 Å². The van der Waals surface area contributed by atoms with Gasteiger partial charge in [-0.05, 0) is 24.1 Å². The van der Waals surface area contributed by atoms with Gasteiger partial charge in [0.15, 0.2) is 0 Å². The zero-order valence-corrected chi connectivity index (χ0v) is 15.8. The van der Waals surface area contributed by atoms with E-state index in [4.69, 9.17) is 0 Å². The standard InChI is InChI=1S/C17H25N3O4S/c1-4-15-5-7-16(8-6-15)20(25(3,23)24)13-17(22)19-11-9-18(10-12-19)14(2)21/h5-8H,4,9-13H2,1-3H3. The van der Waals surface area contributed by atoms with Gasteiger partial charge in [-0.15, -0.1) is 0 Å². The number of amides is 2. The number of aryl methyl sites for hydroxylation is 1. The Kier molecular flexibility index (Phi) is 6.05. The number of sulfonamides is 1. The van der Waals surface area contributed by atoms with Crippen LogP contribution in [-0.2, 0) is 26.0 Å². The summed E-state index contributed by atoms with van der Waals surface area (Å²) in [7, 11) is -3.57. The average Bonchev–Trinajstić information content (AvgIpc) is 2.58. The zero-order chi connectivity index (χ0) is 18.6. The molecule has 1 heterocycles. The molecular weight excluding hydrogens is 342 g/mol. The molecule has 1 saturated heterocycles. The molecule has 1 aromatic rings. The number of hydrogen-bond acceptors (Lipinski definition) is 4. The summed E-state index contributed by atoms with van der Waals surface area (Å²) in [5.41, 5.74) is 1.58. The van der Waals surface area contributed by atoms with E-state index in [0.717, 1.165) is 22.5 Å². The van der Waals surface area contributed by atoms with E-state index in [1.165, 1.54) is 6.92 Å². The Bertz CT molecular complexity index is 723. The average molecular weight is 367 g/mol. The Morgan fingerprint density at radius 2 is 1.56 bits per heavy atom. The van der Waals surface area contributed by atoms with Crippen LogP contribution in [-0.4, -0.2) is 69.0 Å². The minimum atomic E-state index is -3.57. The molecule has 0 N–H and O–H groups in total. The molecule has 2 rings (SSSR count). The molecule has 1 aliphatic rings. The normalized spacial score (nSPS) is 15.2. The number of carbonyl (C=O) groups is 2. The van der Waals surface area contributed by atoms with Crippen LogP contribution in [0.5, 0.6) is 0 Å². The number of benzene rings is 1. The van der Waals surface area contributed by atoms with Crippen LogP contribution in [0.25, 0.3) is 0 Å². The Labute approximate surface area is 149 Å². The summed E-state index contributed by atoms with van der Waals surface area (Å²) in [5, 5.41) is 0. The summed E-state index contributed by atoms with van der Waals surface area (Å²) >= 11 is 0. The lowest BCUT2D eigenvalue weighted by Gasteiger charge is -2.35. The van der Waals surface area contributed by atoms with Gasteiger partial charge in [0.25, 0.3) is 0 Å². The highest BCUT2D eigenvalue weighted by molar-refractivity contribution is 7.92. The van der Waals surface area contributed by atoms with Crippen molar-refractivity contribution in [2.45, 2.75) is 20.3 Å². The van der Waals surface area contributed by atoms with E-state index >= 15 is 0 Å². The van der Waals surface area contributed by atoms with Crippen LogP contribution in [0.2, 0.25) is 0 Å². The maximum Gasteiger partial charge on any atom is 0.243 e. The Morgan fingerprint density at radius 3 is 2.00 bits per heavy atom. The third-order valence-electron chi connectivity index (χ3n) is 4.39. The molecule has 0 radical (unpaired) electrons. The fourth-order valence-electron chi connectivity index (χ4n) is 2.79. The van der Waals surface area contributed by atoms with Gasteiger partial charge in [-0.1, -0.05) is 19.1 Å². The second-order valence-electron chi connectivity index (χ2n) is 6.18. The predicted octanol–water partition coefficient (Wildman–Crippen LogP) is 0.706. The first kappa shape index (κ1) is 19.2. The molecule has 7 nitrogen and oxygen atoms in total. The second kappa shape index (κ2) is 7.86. The molecule has 0 aromatic heterocycles. The van der Waals surface area contributed by atoms with Crippen LogP contribution >= 0.6 is 0 Å². The van der Waals surface area contributed by atoms with Gasteiger partial charge < -0.3 is 9.80 Å². The summed E-state index contributed by atoms with van der Waals surface area (Å²) < 4.78 is 25.4. The molecule has 8 heteroatoms. The lowest BCUT2D eigenvalue weighted by Crippen LogP contribution is -2.52. The van der Waals surface area contributed by atoms with Crippen LogP contribution in [0.1, 0.15) is 19.4 Å². The van der Waals surface area contributed by atoms with E-state index < -0.39 is 10.0 Å². The van der Waals surface area contributed by atoms with Gasteiger partial charge in [0.05, 0.1) is 11.9 Å². The number of piperazine rings is 1. The van der Waals surface area contributed by atoms with E-state index in [1.807, 2.05) is 19.1 Å². The highest BCUT2D eigenvalue weighted by Crippen LogP contribution is 2.19. The monoisotopic (exact) mass is 367 g/mol. The van der Waals surface area contributed by atoms with E-state index in [-0.39, 0.29) is 18.4 Å². The minimum absolute atomic E-state index is 0.0131. The first-order valence-corrected chi connectivity index (χ1v) is 10.2. The van der Waals surface area contributed by atoms with Gasteiger partial charge >= 0.3 is 0 Å². The van der Waals surface area contributed by atoms with Crippen molar-refractivity contribution < 1.29 is 18.0 Å². The maximum absolute atomic E-state index is 12.5. The third kappa shape index (κ3) is 4.94. The molecule has 2 amide bonds. The van der Waals surface area contributed by atoms with E-state index in [2.05, 4.69) is 0 Å². The topological polar surface area (TPSA) is 78.0 Å². The van der Waals surface area contributed by atoms with Crippen molar-refractivity contribution in [3.63, 3.8) is 0 Å². The summed E-state index contributed by atoms with van der Waals surface area (Å²) in [6, 6.07) is 7.18. The van der Waals surface area contributed by atoms with Gasteiger partial charge in [0.1, 0.15) is 6.54 Å². The highest BCUT2D eigenvalue weighted by atomic mass is 32.2. The molecule has 0 aliphatic carbocycles. The van der Waals surface area contributed by atoms with Gasteiger partial charge in [-0.2, -0.15) is 0 Å². The Hall–Kier alpha value is -2.09. The van der Waals surface area contributed by atoms with Crippen molar-refractivity contribution in [3.05, 3.63) is 29.8 Å². The summed E-state index contributed by atoms with van der Waals surface area (Å²) in [6.45, 7) is 5.09. The molecule has 0 unspecified atom stereocenters. The molecule has 0 bridgehead atoms. The lowest BCUT2D eigenvalue weighted by atomic mass is 10.1. The van der Waals surface area contributed by atoms with Gasteiger partial charge in [-0.25, -0.2) is 8.42 Å². The fraction of sp³-hybridized carbons (Fsp3) is 0.529. The Morgan fingerprint density at radius 1 is 1.04 bits per heavy atom. The summed E-state index contributed by atoms with van der Waals surface area (Å²) in [5.74, 6) is -0.269. The molecule has 138 valence electrons. The van der Waals surface area contributed by atoms with Crippen LogP contribution in [0.4, 0.5) is 5.69 Å². The minimum Gasteiger partial charge on any atom is -0.339 e. The molecule has 0 spiro atoms. The number of carbonyl (C=O) groups excluding carboxylic acids is 2. The van der Waals surface area contributed by atoms with Crippen LogP contribution < -0.4 is 4.31 Å². The number of anilines is 1. The lowest BCUT2D eigenvalue weighted by molar-refractivity contribution is -0.137. The molecule has 0 saturated carbocycles. The first-order chi connectivity index (χ1) is 11.7. The summed E-state index contributed by atoms with van der Waals surface area (Å²) in [6.07, 6.45) is 1.96. The van der Waals surface area contributed by atoms with E-state index in [0.29, 0.717) is 31.9 Å². The van der Waals surface area contributed by atoms with Gasteiger partial charge in [-0.3, -0.25) is 13.9 Å². The summed E-state index contributed by atoms with van der Waals surface area (Å²) in [4.78, 5) is 27.2. The van der Waals surface area contributed by atoms with Crippen molar-refractivity contribution in [1.82, 2.24) is 9.80 Å². The maximum atomic E-state index is 12.5. The first-order valence-electron chi connectivity index (χ1n) is 8.32. The second-order valence-corrected chi connectivity index (χ2v) is 8.08. The molecule has 1 fully saturated rings. The quantitative estimate of drug-likeness (QED) is 0.768. The highest BCUT2D eigenvalue weighted by Gasteiger charge is 2.27. The molecular formula is C17H25N3O4S. The predicted molar refractivity (Wildman–Crippen MR) is 96.8 cm³/mol. The van der Waals surface area contributed by atoms with Crippen molar-refractivity contribution in [2.24, 2.45) is 0 Å². The van der Waals surface area contributed by atoms with Crippen LogP contribution in [0.3, 0.4) is 0 Å². The van der Waals surface area contributed by atoms with Crippen molar-refractivity contribution in [1.29, 1.82) is 0 Å². The zero-order valence-electron chi connectivity index (χ0n) is 14.9. The largest absolute Gasteiger partial charge is 0.339 e. The van der Waals surface area contributed by atoms with Crippen molar-refractivity contribution in [3.8, 4) is 0 Å². The van der Waals surface area contributed by atoms with E-state index in [9.17, 15) is 18.0 Å². The van der Waals surface area contributed by atoms with Crippen molar-refractivity contribution >= 4 is 27.5 Å². The number of nitrogens with zero attached hydrogens (tertiary/aromatic N) is 3. The molecule has 0 atom stereocenters. The van der Waals surface area contributed by atoms with Crippen molar-refractivity contribution in [2.75, 3.05) is 43.3 Å². The smallest absolute Gasteiger partial charge is 0.243 e. The van der Waals surface area contributed by atoms with Crippen LogP contribution in [0, 0.1) is 0 Å². The molecule has 1 aliphatic heterocycles. The fourth-order valence-corrected chi connectivity index (χ4v) is 3.64. The van der Waals surface area contributed by atoms with Crippen LogP contribution in [0.15, 0.2) is 24.3 Å². The molecule has 1 aromatic carbocycles. The van der Waals surface area contributed by atoms with E-state index in [1.54, 1.807) is 21.9 Å². The SMILES string of the molecule is CCc1ccc(N(CC(=O)N2CCN(C(C)=O)CC2)S(C)(=O)=O)cc1. The molecule has 25 heavy (non-hydrogen) atoms. The number of rotatable bonds is 5. The Balaban J connectivity index is 2.09. The van der Waals surface area contributed by atoms with Gasteiger partial charge in [0.2, 0.25) is 21.8 Å². The number of hydrogen-bond donors (Lipinski definition) is 0. The third-order valence-corrected chi connectivity index (χ3v) is 5.53.